The summed E-state index contributed by atoms with van der Waals surface area (Å²) in [6.45, 7) is 5.70. The second-order valence-electron chi connectivity index (χ2n) is 4.43. The normalized spacial score (nSPS) is 23.9. The number of aliphatic hydroxyl groups is 1. The molecule has 0 amide bonds. The Hall–Kier alpha value is -0.500. The Labute approximate surface area is 87.0 Å². The van der Waals surface area contributed by atoms with Crippen LogP contribution in [0.3, 0.4) is 0 Å². The second-order valence-corrected chi connectivity index (χ2v) is 4.43. The molecule has 1 N–H and O–H groups in total. The van der Waals surface area contributed by atoms with Gasteiger partial charge in [-0.15, -0.1) is 0 Å². The van der Waals surface area contributed by atoms with Crippen molar-refractivity contribution < 1.29 is 9.84 Å². The maximum atomic E-state index is 8.73. The lowest BCUT2D eigenvalue weighted by atomic mass is 9.88. The van der Waals surface area contributed by atoms with E-state index in [0.29, 0.717) is 18.4 Å². The molecule has 0 aromatic rings. The third-order valence-electron chi connectivity index (χ3n) is 2.98. The van der Waals surface area contributed by atoms with Crippen LogP contribution in [0, 0.1) is 11.8 Å². The molecule has 1 heterocycles. The fourth-order valence-corrected chi connectivity index (χ4v) is 1.91. The number of hydrogen-bond acceptors (Lipinski definition) is 2. The van der Waals surface area contributed by atoms with Crippen molar-refractivity contribution in [2.45, 2.75) is 39.5 Å². The van der Waals surface area contributed by atoms with Crippen molar-refractivity contribution in [3.05, 3.63) is 11.8 Å². The molecule has 2 nitrogen and oxygen atoms in total. The summed E-state index contributed by atoms with van der Waals surface area (Å²) in [5.74, 6) is 1.35. The average molecular weight is 198 g/mol. The lowest BCUT2D eigenvalue weighted by Crippen LogP contribution is -2.12. The number of allylic oxidation sites excluding steroid dienone is 1. The molecule has 1 aliphatic heterocycles. The molecule has 0 bridgehead atoms. The minimum atomic E-state index is 0.315. The first-order valence-electron chi connectivity index (χ1n) is 5.65. The Morgan fingerprint density at radius 2 is 2.43 bits per heavy atom. The van der Waals surface area contributed by atoms with Gasteiger partial charge in [-0.2, -0.15) is 0 Å². The zero-order valence-corrected chi connectivity index (χ0v) is 9.33. The van der Waals surface area contributed by atoms with Crippen LogP contribution in [0.2, 0.25) is 0 Å². The van der Waals surface area contributed by atoms with Crippen molar-refractivity contribution in [1.82, 2.24) is 0 Å². The minimum absolute atomic E-state index is 0.315. The summed E-state index contributed by atoms with van der Waals surface area (Å²) < 4.78 is 5.35. The Morgan fingerprint density at radius 3 is 3.07 bits per heavy atom. The first-order valence-corrected chi connectivity index (χ1v) is 5.65. The van der Waals surface area contributed by atoms with E-state index in [-0.39, 0.29) is 0 Å². The summed E-state index contributed by atoms with van der Waals surface area (Å²) in [5.41, 5.74) is 1.45. The standard InChI is InChI=1S/C12H22O2/c1-10(4-3-6-13)8-12-9-14-7-5-11(12)2/h9-11,13H,3-8H2,1-2H3. The van der Waals surface area contributed by atoms with Crippen molar-refractivity contribution in [3.8, 4) is 0 Å². The van der Waals surface area contributed by atoms with Gasteiger partial charge in [-0.3, -0.25) is 0 Å². The van der Waals surface area contributed by atoms with E-state index in [2.05, 4.69) is 13.8 Å². The van der Waals surface area contributed by atoms with Gasteiger partial charge in [0.2, 0.25) is 0 Å². The smallest absolute Gasteiger partial charge is 0.0878 e. The summed E-state index contributed by atoms with van der Waals surface area (Å²) in [5, 5.41) is 8.73. The largest absolute Gasteiger partial charge is 0.501 e. The quantitative estimate of drug-likeness (QED) is 0.736. The van der Waals surface area contributed by atoms with E-state index in [1.807, 2.05) is 6.26 Å². The number of aliphatic hydroxyl groups excluding tert-OH is 1. The molecule has 0 saturated heterocycles. The van der Waals surface area contributed by atoms with Crippen molar-refractivity contribution in [1.29, 1.82) is 0 Å². The molecule has 0 aromatic heterocycles. The van der Waals surface area contributed by atoms with Crippen molar-refractivity contribution in [2.75, 3.05) is 13.2 Å². The maximum absolute atomic E-state index is 8.73. The molecular formula is C12H22O2. The molecular weight excluding hydrogens is 176 g/mol. The number of ether oxygens (including phenoxy) is 1. The van der Waals surface area contributed by atoms with Crippen LogP contribution < -0.4 is 0 Å². The molecule has 0 saturated carbocycles. The molecule has 82 valence electrons. The summed E-state index contributed by atoms with van der Waals surface area (Å²) in [6, 6.07) is 0. The maximum Gasteiger partial charge on any atom is 0.0878 e. The Bertz CT molecular complexity index is 187. The molecule has 0 radical (unpaired) electrons. The van der Waals surface area contributed by atoms with Gasteiger partial charge in [-0.1, -0.05) is 13.8 Å². The van der Waals surface area contributed by atoms with Crippen LogP contribution in [0.25, 0.3) is 0 Å². The van der Waals surface area contributed by atoms with Gasteiger partial charge >= 0.3 is 0 Å². The van der Waals surface area contributed by atoms with Crippen molar-refractivity contribution in [3.63, 3.8) is 0 Å². The summed E-state index contributed by atoms with van der Waals surface area (Å²) in [7, 11) is 0. The highest BCUT2D eigenvalue weighted by molar-refractivity contribution is 5.05. The van der Waals surface area contributed by atoms with E-state index in [9.17, 15) is 0 Å². The van der Waals surface area contributed by atoms with Crippen LogP contribution >= 0.6 is 0 Å². The van der Waals surface area contributed by atoms with Crippen LogP contribution in [0.4, 0.5) is 0 Å². The molecule has 2 heteroatoms. The number of hydrogen-bond donors (Lipinski definition) is 1. The molecule has 0 aliphatic carbocycles. The van der Waals surface area contributed by atoms with Crippen LogP contribution in [-0.4, -0.2) is 18.3 Å². The van der Waals surface area contributed by atoms with Crippen LogP contribution in [0.15, 0.2) is 11.8 Å². The fraction of sp³-hybridized carbons (Fsp3) is 0.833. The van der Waals surface area contributed by atoms with Crippen LogP contribution in [0.1, 0.15) is 39.5 Å². The highest BCUT2D eigenvalue weighted by atomic mass is 16.5. The SMILES string of the molecule is CC(CCCO)CC1=COCCC1C. The van der Waals surface area contributed by atoms with Gasteiger partial charge < -0.3 is 9.84 Å². The Morgan fingerprint density at radius 1 is 1.64 bits per heavy atom. The predicted octanol–water partition coefficient (Wildman–Crippen LogP) is 2.73. The van der Waals surface area contributed by atoms with E-state index >= 15 is 0 Å². The van der Waals surface area contributed by atoms with Gasteiger partial charge in [0.05, 0.1) is 12.9 Å². The first kappa shape index (κ1) is 11.6. The number of rotatable bonds is 5. The summed E-state index contributed by atoms with van der Waals surface area (Å²) in [4.78, 5) is 0. The lowest BCUT2D eigenvalue weighted by Gasteiger charge is -2.23. The van der Waals surface area contributed by atoms with Gasteiger partial charge in [0.15, 0.2) is 0 Å². The predicted molar refractivity (Wildman–Crippen MR) is 57.9 cm³/mol. The molecule has 14 heavy (non-hydrogen) atoms. The molecule has 0 fully saturated rings. The molecule has 2 unspecified atom stereocenters. The average Bonchev–Trinajstić information content (AvgIpc) is 2.18. The lowest BCUT2D eigenvalue weighted by molar-refractivity contribution is 0.198. The van der Waals surface area contributed by atoms with E-state index in [1.165, 1.54) is 5.57 Å². The van der Waals surface area contributed by atoms with E-state index < -0.39 is 0 Å². The highest BCUT2D eigenvalue weighted by Crippen LogP contribution is 2.27. The fourth-order valence-electron chi connectivity index (χ4n) is 1.91. The van der Waals surface area contributed by atoms with E-state index in [1.54, 1.807) is 0 Å². The zero-order valence-electron chi connectivity index (χ0n) is 9.33. The zero-order chi connectivity index (χ0) is 10.4. The van der Waals surface area contributed by atoms with Gasteiger partial charge in [0, 0.05) is 6.61 Å². The molecule has 1 rings (SSSR count). The molecule has 1 aliphatic rings. The molecule has 0 aromatic carbocycles. The van der Waals surface area contributed by atoms with E-state index in [0.717, 1.165) is 32.3 Å². The first-order chi connectivity index (χ1) is 6.74. The Balaban J connectivity index is 2.31. The molecule has 0 spiro atoms. The molecule has 2 atom stereocenters. The van der Waals surface area contributed by atoms with Crippen molar-refractivity contribution in [2.24, 2.45) is 11.8 Å². The minimum Gasteiger partial charge on any atom is -0.501 e. The van der Waals surface area contributed by atoms with Gasteiger partial charge in [0.25, 0.3) is 0 Å². The third kappa shape index (κ3) is 3.70. The third-order valence-corrected chi connectivity index (χ3v) is 2.98. The van der Waals surface area contributed by atoms with Gasteiger partial charge in [0.1, 0.15) is 0 Å². The summed E-state index contributed by atoms with van der Waals surface area (Å²) >= 11 is 0. The van der Waals surface area contributed by atoms with E-state index in [4.69, 9.17) is 9.84 Å². The van der Waals surface area contributed by atoms with Crippen LogP contribution in [0.5, 0.6) is 0 Å². The van der Waals surface area contributed by atoms with Gasteiger partial charge in [-0.05, 0) is 43.1 Å². The Kier molecular flexibility index (Phi) is 5.02. The van der Waals surface area contributed by atoms with Gasteiger partial charge in [-0.25, -0.2) is 0 Å². The monoisotopic (exact) mass is 198 g/mol. The topological polar surface area (TPSA) is 29.5 Å². The van der Waals surface area contributed by atoms with Crippen LogP contribution in [-0.2, 0) is 4.74 Å². The summed E-state index contributed by atoms with van der Waals surface area (Å²) in [6.07, 6.45) is 6.26. The highest BCUT2D eigenvalue weighted by Gasteiger charge is 2.16. The van der Waals surface area contributed by atoms with Crippen molar-refractivity contribution >= 4 is 0 Å². The second kappa shape index (κ2) is 6.07.